The maximum Gasteiger partial charge on any atom is 0.432 e. The molecule has 0 heterocycles. The number of sulfonamides is 1. The van der Waals surface area contributed by atoms with Crippen molar-refractivity contribution in [2.45, 2.75) is 37.0 Å². The first-order valence-electron chi connectivity index (χ1n) is 9.67. The van der Waals surface area contributed by atoms with Crippen LogP contribution >= 0.6 is 0 Å². The van der Waals surface area contributed by atoms with Gasteiger partial charge in [-0.15, -0.1) is 0 Å². The van der Waals surface area contributed by atoms with E-state index in [4.69, 9.17) is 4.74 Å². The largest absolute Gasteiger partial charge is 0.497 e. The van der Waals surface area contributed by atoms with Crippen LogP contribution in [0.2, 0.25) is 0 Å². The summed E-state index contributed by atoms with van der Waals surface area (Å²) < 4.78 is 79.2. The first kappa shape index (κ1) is 25.6. The maximum atomic E-state index is 14.2. The van der Waals surface area contributed by atoms with Crippen LogP contribution in [0.1, 0.15) is 18.1 Å². The summed E-state index contributed by atoms with van der Waals surface area (Å²) in [5.41, 5.74) is -2.30. The minimum Gasteiger partial charge on any atom is -0.497 e. The molecular formula is C21H25F3N2O5S. The first-order chi connectivity index (χ1) is 14.9. The molecule has 11 heteroatoms. The van der Waals surface area contributed by atoms with E-state index >= 15 is 0 Å². The van der Waals surface area contributed by atoms with Crippen molar-refractivity contribution < 1.29 is 35.9 Å². The number of rotatable bonds is 10. The van der Waals surface area contributed by atoms with E-state index in [-0.39, 0.29) is 19.6 Å². The van der Waals surface area contributed by atoms with Gasteiger partial charge in [-0.2, -0.15) is 17.9 Å². The van der Waals surface area contributed by atoms with Crippen LogP contribution in [0.25, 0.3) is 0 Å². The number of nitrogens with one attached hydrogen (secondary N) is 2. The second kappa shape index (κ2) is 10.3. The molecular weight excluding hydrogens is 449 g/mol. The van der Waals surface area contributed by atoms with E-state index in [0.717, 1.165) is 12.1 Å². The Bertz CT molecular complexity index is 1010. The summed E-state index contributed by atoms with van der Waals surface area (Å²) in [6.45, 7) is 2.28. The summed E-state index contributed by atoms with van der Waals surface area (Å²) in [5, 5.41) is 2.05. The molecule has 0 aliphatic rings. The third-order valence-corrected chi connectivity index (χ3v) is 6.06. The highest BCUT2D eigenvalue weighted by molar-refractivity contribution is 7.89. The molecule has 1 atom stereocenters. The van der Waals surface area contributed by atoms with Gasteiger partial charge < -0.3 is 9.47 Å². The van der Waals surface area contributed by atoms with Crippen molar-refractivity contribution in [3.05, 3.63) is 59.7 Å². The smallest absolute Gasteiger partial charge is 0.432 e. The highest BCUT2D eigenvalue weighted by Crippen LogP contribution is 2.31. The van der Waals surface area contributed by atoms with E-state index < -0.39 is 32.7 Å². The third-order valence-electron chi connectivity index (χ3n) is 4.59. The lowest BCUT2D eigenvalue weighted by molar-refractivity contribution is -0.216. The van der Waals surface area contributed by atoms with Crippen LogP contribution in [-0.2, 0) is 26.0 Å². The van der Waals surface area contributed by atoms with Crippen LogP contribution < -0.4 is 14.8 Å². The molecule has 2 aromatic carbocycles. The van der Waals surface area contributed by atoms with Gasteiger partial charge >= 0.3 is 12.1 Å². The summed E-state index contributed by atoms with van der Waals surface area (Å²) in [4.78, 5) is 12.0. The van der Waals surface area contributed by atoms with E-state index in [9.17, 15) is 26.4 Å². The van der Waals surface area contributed by atoms with Gasteiger partial charge in [0.25, 0.3) is 5.66 Å². The molecule has 0 aromatic heterocycles. The van der Waals surface area contributed by atoms with Gasteiger partial charge in [-0.25, -0.2) is 13.2 Å². The molecule has 176 valence electrons. The van der Waals surface area contributed by atoms with Gasteiger partial charge in [0.05, 0.1) is 18.6 Å². The molecule has 0 aliphatic heterocycles. The first-order valence-corrected chi connectivity index (χ1v) is 11.2. The van der Waals surface area contributed by atoms with Crippen molar-refractivity contribution in [2.75, 3.05) is 20.3 Å². The molecule has 0 radical (unpaired) electrons. The second-order valence-corrected chi connectivity index (χ2v) is 8.59. The fourth-order valence-electron chi connectivity index (χ4n) is 2.83. The Morgan fingerprint density at radius 1 is 1.03 bits per heavy atom. The summed E-state index contributed by atoms with van der Waals surface area (Å²) >= 11 is 0. The van der Waals surface area contributed by atoms with Gasteiger partial charge in [0.2, 0.25) is 10.0 Å². The third kappa shape index (κ3) is 5.99. The van der Waals surface area contributed by atoms with Crippen LogP contribution in [0.3, 0.4) is 0 Å². The summed E-state index contributed by atoms with van der Waals surface area (Å²) in [7, 11) is -3.26. The molecule has 0 spiro atoms. The van der Waals surface area contributed by atoms with Gasteiger partial charge in [0.1, 0.15) is 5.75 Å². The maximum absolute atomic E-state index is 14.2. The van der Waals surface area contributed by atoms with Crippen molar-refractivity contribution in [3.63, 3.8) is 0 Å². The predicted octanol–water partition coefficient (Wildman–Crippen LogP) is 2.94. The van der Waals surface area contributed by atoms with Crippen molar-refractivity contribution in [2.24, 2.45) is 0 Å². The number of carbonyl (C=O) groups is 1. The molecule has 0 aliphatic carbocycles. The average Bonchev–Trinajstić information content (AvgIpc) is 2.73. The van der Waals surface area contributed by atoms with E-state index in [2.05, 4.69) is 10.1 Å². The normalized spacial score (nSPS) is 13.9. The Morgan fingerprint density at radius 2 is 1.62 bits per heavy atom. The van der Waals surface area contributed by atoms with Gasteiger partial charge in [-0.1, -0.05) is 29.8 Å². The standard InChI is InChI=1S/C21H25F3N2O5S/c1-4-31-19(27)20(21(22,23)24,25-14-13-16-7-9-17(30-3)10-8-16)26-32(28,29)18-11-5-15(2)6-12-18/h5-12,25-26H,4,13-14H2,1-3H3/t20-/m0/s1. The molecule has 2 rings (SSSR count). The molecule has 2 aromatic rings. The number of benzene rings is 2. The fourth-order valence-corrected chi connectivity index (χ4v) is 4.11. The lowest BCUT2D eigenvalue weighted by Crippen LogP contribution is -2.72. The minimum absolute atomic E-state index is 0.0769. The summed E-state index contributed by atoms with van der Waals surface area (Å²) in [5.74, 6) is -1.22. The van der Waals surface area contributed by atoms with Crippen LogP contribution in [0.5, 0.6) is 5.75 Å². The monoisotopic (exact) mass is 474 g/mol. The highest BCUT2D eigenvalue weighted by atomic mass is 32.2. The summed E-state index contributed by atoms with van der Waals surface area (Å²) in [6, 6.07) is 11.8. The van der Waals surface area contributed by atoms with E-state index in [0.29, 0.717) is 16.9 Å². The number of halogens is 3. The zero-order chi connectivity index (χ0) is 24.0. The number of methoxy groups -OCH3 is 1. The van der Waals surface area contributed by atoms with Crippen LogP contribution in [0, 0.1) is 6.92 Å². The number of ether oxygens (including phenoxy) is 2. The SMILES string of the molecule is CCOC(=O)[C@](NCCc1ccc(OC)cc1)(NS(=O)(=O)c1ccc(C)cc1)C(F)(F)F. The average molecular weight is 475 g/mol. The molecule has 7 nitrogen and oxygen atoms in total. The zero-order valence-corrected chi connectivity index (χ0v) is 18.6. The number of esters is 1. The highest BCUT2D eigenvalue weighted by Gasteiger charge is 2.64. The Kier molecular flexibility index (Phi) is 8.27. The molecule has 32 heavy (non-hydrogen) atoms. The molecule has 0 saturated carbocycles. The molecule has 0 amide bonds. The van der Waals surface area contributed by atoms with E-state index in [1.54, 1.807) is 31.2 Å². The Balaban J connectivity index is 2.36. The van der Waals surface area contributed by atoms with Gasteiger partial charge in [-0.05, 0) is 50.1 Å². The number of hydrogen-bond acceptors (Lipinski definition) is 6. The Morgan fingerprint density at radius 3 is 2.12 bits per heavy atom. The molecule has 0 saturated heterocycles. The number of hydrogen-bond donors (Lipinski definition) is 2. The molecule has 2 N–H and O–H groups in total. The second-order valence-electron chi connectivity index (χ2n) is 6.91. The Labute approximate surface area is 185 Å². The predicted molar refractivity (Wildman–Crippen MR) is 112 cm³/mol. The van der Waals surface area contributed by atoms with Crippen molar-refractivity contribution in [1.29, 1.82) is 0 Å². The lowest BCUT2D eigenvalue weighted by Gasteiger charge is -2.34. The summed E-state index contributed by atoms with van der Waals surface area (Å²) in [6.07, 6.45) is -5.26. The van der Waals surface area contributed by atoms with E-state index in [1.807, 2.05) is 0 Å². The number of alkyl halides is 3. The van der Waals surface area contributed by atoms with Crippen molar-refractivity contribution in [1.82, 2.24) is 10.0 Å². The minimum atomic E-state index is -5.34. The van der Waals surface area contributed by atoms with Gasteiger partial charge in [-0.3, -0.25) is 5.32 Å². The van der Waals surface area contributed by atoms with Crippen LogP contribution in [-0.4, -0.2) is 46.5 Å². The van der Waals surface area contributed by atoms with Crippen LogP contribution in [0.4, 0.5) is 13.2 Å². The topological polar surface area (TPSA) is 93.7 Å². The van der Waals surface area contributed by atoms with Crippen molar-refractivity contribution >= 4 is 16.0 Å². The zero-order valence-electron chi connectivity index (χ0n) is 17.8. The molecule has 0 fully saturated rings. The molecule has 0 unspecified atom stereocenters. The van der Waals surface area contributed by atoms with E-state index in [1.165, 1.54) is 30.9 Å². The number of aryl methyl sites for hydroxylation is 1. The molecule has 0 bridgehead atoms. The quantitative estimate of drug-likeness (QED) is 0.406. The fraction of sp³-hybridized carbons (Fsp3) is 0.381. The lowest BCUT2D eigenvalue weighted by atomic mass is 10.1. The van der Waals surface area contributed by atoms with Gasteiger partial charge in [0.15, 0.2) is 0 Å². The number of carbonyl (C=O) groups excluding carboxylic acids is 1. The van der Waals surface area contributed by atoms with Crippen molar-refractivity contribution in [3.8, 4) is 5.75 Å². The Hall–Kier alpha value is -2.63. The van der Waals surface area contributed by atoms with Crippen LogP contribution in [0.15, 0.2) is 53.4 Å². The van der Waals surface area contributed by atoms with Gasteiger partial charge in [0, 0.05) is 6.54 Å².